The minimum absolute atomic E-state index is 0.501. The van der Waals surface area contributed by atoms with Gasteiger partial charge in [-0.05, 0) is 61.7 Å². The number of nitrogens with zero attached hydrogens (tertiary/aromatic N) is 1. The summed E-state index contributed by atoms with van der Waals surface area (Å²) in [6, 6.07) is 0. The van der Waals surface area contributed by atoms with Gasteiger partial charge in [-0.2, -0.15) is 0 Å². The molecule has 2 N–H and O–H groups in total. The summed E-state index contributed by atoms with van der Waals surface area (Å²) in [6.45, 7) is 4.98. The Balaban J connectivity index is 1.51. The van der Waals surface area contributed by atoms with E-state index >= 15 is 0 Å². The minimum Gasteiger partial charge on any atom is -0.375 e. The molecule has 5 fully saturated rings. The molecule has 0 aromatic rings. The van der Waals surface area contributed by atoms with Crippen molar-refractivity contribution in [3.05, 3.63) is 0 Å². The molecule has 4 saturated carbocycles. The van der Waals surface area contributed by atoms with Crippen molar-refractivity contribution >= 4 is 0 Å². The second-order valence-electron chi connectivity index (χ2n) is 7.73. The van der Waals surface area contributed by atoms with Crippen LogP contribution in [0.15, 0.2) is 0 Å². The van der Waals surface area contributed by atoms with E-state index in [1.54, 1.807) is 0 Å². The Bertz CT molecular complexity index is 306. The zero-order valence-corrected chi connectivity index (χ0v) is 12.0. The van der Waals surface area contributed by atoms with E-state index in [-0.39, 0.29) is 0 Å². The van der Waals surface area contributed by atoms with Crippen LogP contribution >= 0.6 is 0 Å². The topological polar surface area (TPSA) is 38.5 Å². The molecule has 0 radical (unpaired) electrons. The third-order valence-corrected chi connectivity index (χ3v) is 6.36. The molecule has 5 rings (SSSR count). The summed E-state index contributed by atoms with van der Waals surface area (Å²) in [5.74, 6) is 3.08. The highest BCUT2D eigenvalue weighted by Gasteiger charge is 2.55. The predicted molar refractivity (Wildman–Crippen MR) is 75.8 cm³/mol. The summed E-state index contributed by atoms with van der Waals surface area (Å²) in [6.07, 6.45) is 9.46. The number of morpholine rings is 1. The highest BCUT2D eigenvalue weighted by molar-refractivity contribution is 5.05. The molecule has 19 heavy (non-hydrogen) atoms. The van der Waals surface area contributed by atoms with Crippen molar-refractivity contribution in [3.63, 3.8) is 0 Å². The van der Waals surface area contributed by atoms with Crippen molar-refractivity contribution in [2.75, 3.05) is 32.8 Å². The van der Waals surface area contributed by atoms with Gasteiger partial charge < -0.3 is 10.5 Å². The number of rotatable bonds is 3. The molecular formula is C16H28N2O. The standard InChI is InChI=1S/C16H28N2O/c17-1-2-18-3-4-19-15(11-18)16-8-12-5-13(9-16)7-14(6-12)10-16/h12-15H,1-11,17H2. The molecule has 0 aromatic carbocycles. The molecule has 1 saturated heterocycles. The second kappa shape index (κ2) is 4.71. The second-order valence-corrected chi connectivity index (χ2v) is 7.73. The molecule has 1 atom stereocenters. The maximum Gasteiger partial charge on any atom is 0.0759 e. The Morgan fingerprint density at radius 1 is 1.05 bits per heavy atom. The SMILES string of the molecule is NCCN1CCOC(C23CC4CC(CC(C4)C2)C3)C1. The molecule has 1 heterocycles. The van der Waals surface area contributed by atoms with Crippen molar-refractivity contribution in [1.29, 1.82) is 0 Å². The van der Waals surface area contributed by atoms with Gasteiger partial charge >= 0.3 is 0 Å². The zero-order chi connectivity index (χ0) is 12.9. The Kier molecular flexibility index (Phi) is 3.13. The highest BCUT2D eigenvalue weighted by Crippen LogP contribution is 2.61. The summed E-state index contributed by atoms with van der Waals surface area (Å²) in [5, 5.41) is 0. The monoisotopic (exact) mass is 264 g/mol. The van der Waals surface area contributed by atoms with Crippen LogP contribution in [0, 0.1) is 23.2 Å². The smallest absolute Gasteiger partial charge is 0.0759 e. The van der Waals surface area contributed by atoms with Gasteiger partial charge in [0.25, 0.3) is 0 Å². The van der Waals surface area contributed by atoms with Gasteiger partial charge in [0.05, 0.1) is 12.7 Å². The molecule has 4 aliphatic carbocycles. The van der Waals surface area contributed by atoms with Gasteiger partial charge in [0.1, 0.15) is 0 Å². The van der Waals surface area contributed by atoms with Crippen LogP contribution in [-0.4, -0.2) is 43.8 Å². The van der Waals surface area contributed by atoms with Crippen LogP contribution < -0.4 is 5.73 Å². The van der Waals surface area contributed by atoms with Gasteiger partial charge in [-0.3, -0.25) is 4.90 Å². The first-order chi connectivity index (χ1) is 9.27. The fourth-order valence-electron chi connectivity index (χ4n) is 6.03. The van der Waals surface area contributed by atoms with Gasteiger partial charge in [0.2, 0.25) is 0 Å². The van der Waals surface area contributed by atoms with E-state index in [2.05, 4.69) is 4.90 Å². The summed E-state index contributed by atoms with van der Waals surface area (Å²) in [4.78, 5) is 2.53. The molecule has 4 bridgehead atoms. The van der Waals surface area contributed by atoms with Crippen molar-refractivity contribution in [2.45, 2.75) is 44.6 Å². The lowest BCUT2D eigenvalue weighted by Gasteiger charge is -2.60. The lowest BCUT2D eigenvalue weighted by molar-refractivity contribution is -0.166. The molecule has 0 aromatic heterocycles. The van der Waals surface area contributed by atoms with E-state index < -0.39 is 0 Å². The Morgan fingerprint density at radius 3 is 2.26 bits per heavy atom. The summed E-state index contributed by atoms with van der Waals surface area (Å²) >= 11 is 0. The molecule has 3 heteroatoms. The maximum atomic E-state index is 6.26. The molecule has 108 valence electrons. The summed E-state index contributed by atoms with van der Waals surface area (Å²) < 4.78 is 6.26. The summed E-state index contributed by atoms with van der Waals surface area (Å²) in [7, 11) is 0. The first-order valence-corrected chi connectivity index (χ1v) is 8.31. The van der Waals surface area contributed by atoms with Crippen LogP contribution in [0.5, 0.6) is 0 Å². The summed E-state index contributed by atoms with van der Waals surface area (Å²) in [5.41, 5.74) is 6.27. The van der Waals surface area contributed by atoms with Crippen molar-refractivity contribution in [2.24, 2.45) is 28.9 Å². The quantitative estimate of drug-likeness (QED) is 0.845. The fraction of sp³-hybridized carbons (Fsp3) is 1.00. The molecule has 3 nitrogen and oxygen atoms in total. The van der Waals surface area contributed by atoms with E-state index in [1.807, 2.05) is 0 Å². The number of ether oxygens (including phenoxy) is 1. The van der Waals surface area contributed by atoms with E-state index in [1.165, 1.54) is 38.5 Å². The number of hydrogen-bond donors (Lipinski definition) is 1. The molecule has 1 aliphatic heterocycles. The van der Waals surface area contributed by atoms with Crippen LogP contribution in [0.3, 0.4) is 0 Å². The molecule has 5 aliphatic rings. The highest BCUT2D eigenvalue weighted by atomic mass is 16.5. The first kappa shape index (κ1) is 12.6. The third kappa shape index (κ3) is 2.14. The van der Waals surface area contributed by atoms with Crippen LogP contribution in [0.2, 0.25) is 0 Å². The van der Waals surface area contributed by atoms with E-state index in [4.69, 9.17) is 10.5 Å². The van der Waals surface area contributed by atoms with Gasteiger partial charge in [0, 0.05) is 26.2 Å². The Hall–Kier alpha value is -0.120. The lowest BCUT2D eigenvalue weighted by Crippen LogP contribution is -2.58. The fourth-order valence-corrected chi connectivity index (χ4v) is 6.03. The van der Waals surface area contributed by atoms with E-state index in [0.717, 1.165) is 50.5 Å². The molecular weight excluding hydrogens is 236 g/mol. The molecule has 0 amide bonds. The van der Waals surface area contributed by atoms with E-state index in [9.17, 15) is 0 Å². The van der Waals surface area contributed by atoms with Gasteiger partial charge in [-0.15, -0.1) is 0 Å². The molecule has 0 spiro atoms. The average molecular weight is 264 g/mol. The van der Waals surface area contributed by atoms with Crippen LogP contribution in [0.25, 0.3) is 0 Å². The minimum atomic E-state index is 0.501. The number of nitrogens with two attached hydrogens (primary N) is 1. The van der Waals surface area contributed by atoms with Crippen molar-refractivity contribution < 1.29 is 4.74 Å². The van der Waals surface area contributed by atoms with Crippen molar-refractivity contribution in [3.8, 4) is 0 Å². The lowest BCUT2D eigenvalue weighted by atomic mass is 9.48. The normalized spacial score (nSPS) is 49.7. The zero-order valence-electron chi connectivity index (χ0n) is 12.0. The Morgan fingerprint density at radius 2 is 1.68 bits per heavy atom. The molecule has 1 unspecified atom stereocenters. The van der Waals surface area contributed by atoms with Crippen molar-refractivity contribution in [1.82, 2.24) is 4.90 Å². The van der Waals surface area contributed by atoms with Gasteiger partial charge in [-0.25, -0.2) is 0 Å². The average Bonchev–Trinajstić information content (AvgIpc) is 2.38. The maximum absolute atomic E-state index is 6.26. The van der Waals surface area contributed by atoms with Gasteiger partial charge in [0.15, 0.2) is 0 Å². The largest absolute Gasteiger partial charge is 0.375 e. The Labute approximate surface area is 116 Å². The van der Waals surface area contributed by atoms with E-state index in [0.29, 0.717) is 11.5 Å². The van der Waals surface area contributed by atoms with Crippen LogP contribution in [0.4, 0.5) is 0 Å². The van der Waals surface area contributed by atoms with Crippen LogP contribution in [0.1, 0.15) is 38.5 Å². The van der Waals surface area contributed by atoms with Gasteiger partial charge in [-0.1, -0.05) is 0 Å². The van der Waals surface area contributed by atoms with Crippen LogP contribution in [-0.2, 0) is 4.74 Å². The first-order valence-electron chi connectivity index (χ1n) is 8.31. The number of hydrogen-bond acceptors (Lipinski definition) is 3. The third-order valence-electron chi connectivity index (χ3n) is 6.36. The predicted octanol–water partition coefficient (Wildman–Crippen LogP) is 1.86.